The maximum atomic E-state index is 12.5. The molecule has 146 valence electrons. The number of guanidine groups is 1. The fourth-order valence-corrected chi connectivity index (χ4v) is 2.41. The molecule has 0 unspecified atom stereocenters. The Bertz CT molecular complexity index is 770. The number of methoxy groups -OCH3 is 1. The smallest absolute Gasteiger partial charge is 0.387 e. The van der Waals surface area contributed by atoms with E-state index in [1.165, 1.54) is 13.2 Å². The number of benzene rings is 2. The maximum Gasteiger partial charge on any atom is 0.387 e. The molecular weight excluding hydrogens is 356 g/mol. The number of ether oxygens (including phenoxy) is 2. The molecule has 0 saturated heterocycles. The van der Waals surface area contributed by atoms with Gasteiger partial charge in [-0.2, -0.15) is 8.78 Å². The maximum absolute atomic E-state index is 12.5. The van der Waals surface area contributed by atoms with E-state index in [9.17, 15) is 13.9 Å². The van der Waals surface area contributed by atoms with Crippen molar-refractivity contribution < 1.29 is 23.4 Å². The number of phenolic OH excluding ortho intramolecular Hbond substituents is 1. The van der Waals surface area contributed by atoms with Gasteiger partial charge in [0.15, 0.2) is 17.5 Å². The van der Waals surface area contributed by atoms with Crippen molar-refractivity contribution in [3.8, 4) is 17.2 Å². The van der Waals surface area contributed by atoms with Crippen LogP contribution in [0.25, 0.3) is 0 Å². The summed E-state index contributed by atoms with van der Waals surface area (Å²) < 4.78 is 34.6. The number of alkyl halides is 2. The van der Waals surface area contributed by atoms with Gasteiger partial charge in [-0.3, -0.25) is 0 Å². The minimum Gasteiger partial charge on any atom is -0.504 e. The summed E-state index contributed by atoms with van der Waals surface area (Å²) in [5.41, 5.74) is 1.18. The van der Waals surface area contributed by atoms with Gasteiger partial charge in [0.2, 0.25) is 0 Å². The van der Waals surface area contributed by atoms with Crippen molar-refractivity contribution in [3.63, 3.8) is 0 Å². The number of aromatic hydroxyl groups is 1. The van der Waals surface area contributed by atoms with Crippen LogP contribution in [0.15, 0.2) is 47.5 Å². The second-order valence-corrected chi connectivity index (χ2v) is 5.50. The van der Waals surface area contributed by atoms with E-state index in [0.717, 1.165) is 0 Å². The summed E-state index contributed by atoms with van der Waals surface area (Å²) in [6.45, 7) is 0.100. The highest BCUT2D eigenvalue weighted by molar-refractivity contribution is 5.79. The normalized spacial score (nSPS) is 11.4. The molecule has 3 N–H and O–H groups in total. The molecule has 0 aliphatic rings. The Labute approximate surface area is 156 Å². The lowest BCUT2D eigenvalue weighted by Gasteiger charge is -2.14. The molecule has 0 atom stereocenters. The fourth-order valence-electron chi connectivity index (χ4n) is 2.41. The Balaban J connectivity index is 2.09. The van der Waals surface area contributed by atoms with Crippen LogP contribution < -0.4 is 20.1 Å². The van der Waals surface area contributed by atoms with E-state index in [-0.39, 0.29) is 18.0 Å². The van der Waals surface area contributed by atoms with Gasteiger partial charge in [-0.15, -0.1) is 0 Å². The zero-order valence-corrected chi connectivity index (χ0v) is 15.2. The molecule has 0 amide bonds. The van der Waals surface area contributed by atoms with Gasteiger partial charge >= 0.3 is 6.61 Å². The van der Waals surface area contributed by atoms with Crippen LogP contribution in [0.2, 0.25) is 0 Å². The van der Waals surface area contributed by atoms with Crippen molar-refractivity contribution in [3.05, 3.63) is 53.6 Å². The first-order valence-electron chi connectivity index (χ1n) is 8.44. The third-order valence-corrected chi connectivity index (χ3v) is 3.69. The molecular formula is C19H23F2N3O3. The van der Waals surface area contributed by atoms with Gasteiger partial charge in [-0.25, -0.2) is 4.99 Å². The lowest BCUT2D eigenvalue weighted by molar-refractivity contribution is -0.0504. The van der Waals surface area contributed by atoms with Crippen molar-refractivity contribution in [1.29, 1.82) is 0 Å². The van der Waals surface area contributed by atoms with Crippen LogP contribution in [0.5, 0.6) is 17.2 Å². The Morgan fingerprint density at radius 3 is 2.48 bits per heavy atom. The standard InChI is InChI=1S/C19H23F2N3O3/c1-3-22-19(24-12-14-8-6-10-16(26-2)17(14)25)23-11-13-7-4-5-9-15(13)27-18(20)21/h4-10,18,25H,3,11-12H2,1-2H3,(H2,22,23,24). The predicted octanol–water partition coefficient (Wildman–Crippen LogP) is 3.26. The molecule has 6 nitrogen and oxygen atoms in total. The largest absolute Gasteiger partial charge is 0.504 e. The average Bonchev–Trinajstić information content (AvgIpc) is 2.65. The van der Waals surface area contributed by atoms with Crippen LogP contribution in [-0.2, 0) is 13.1 Å². The zero-order valence-electron chi connectivity index (χ0n) is 15.2. The number of nitrogens with one attached hydrogen (secondary N) is 2. The van der Waals surface area contributed by atoms with E-state index in [0.29, 0.717) is 35.9 Å². The number of halogens is 2. The van der Waals surface area contributed by atoms with Crippen molar-refractivity contribution in [2.75, 3.05) is 13.7 Å². The highest BCUT2D eigenvalue weighted by Crippen LogP contribution is 2.29. The van der Waals surface area contributed by atoms with Crippen molar-refractivity contribution in [1.82, 2.24) is 10.6 Å². The number of phenols is 1. The number of nitrogens with zero attached hydrogens (tertiary/aromatic N) is 1. The molecule has 0 heterocycles. The minimum atomic E-state index is -2.89. The predicted molar refractivity (Wildman–Crippen MR) is 99.4 cm³/mol. The molecule has 2 aromatic rings. The third kappa shape index (κ3) is 6.02. The number of para-hydroxylation sites is 2. The van der Waals surface area contributed by atoms with Crippen molar-refractivity contribution >= 4 is 5.96 Å². The lowest BCUT2D eigenvalue weighted by atomic mass is 10.2. The molecule has 0 bridgehead atoms. The van der Waals surface area contributed by atoms with Gasteiger partial charge in [0.05, 0.1) is 13.7 Å². The van der Waals surface area contributed by atoms with Crippen LogP contribution in [0, 0.1) is 0 Å². The minimum absolute atomic E-state index is 0.0547. The Morgan fingerprint density at radius 1 is 1.07 bits per heavy atom. The van der Waals surface area contributed by atoms with E-state index in [2.05, 4.69) is 20.4 Å². The van der Waals surface area contributed by atoms with Gasteiger partial charge in [-0.05, 0) is 19.1 Å². The molecule has 27 heavy (non-hydrogen) atoms. The summed E-state index contributed by atoms with van der Waals surface area (Å²) in [6.07, 6.45) is 0. The quantitative estimate of drug-likeness (QED) is 0.485. The van der Waals surface area contributed by atoms with E-state index < -0.39 is 6.61 Å². The molecule has 2 rings (SSSR count). The number of hydrogen-bond acceptors (Lipinski definition) is 4. The molecule has 0 aromatic heterocycles. The third-order valence-electron chi connectivity index (χ3n) is 3.69. The van der Waals surface area contributed by atoms with Crippen molar-refractivity contribution in [2.45, 2.75) is 26.6 Å². The molecule has 0 aliphatic heterocycles. The highest BCUT2D eigenvalue weighted by Gasteiger charge is 2.10. The van der Waals surface area contributed by atoms with Crippen LogP contribution in [0.3, 0.4) is 0 Å². The first-order valence-corrected chi connectivity index (χ1v) is 8.44. The zero-order chi connectivity index (χ0) is 19.6. The summed E-state index contributed by atoms with van der Waals surface area (Å²) in [7, 11) is 1.48. The second-order valence-electron chi connectivity index (χ2n) is 5.50. The van der Waals surface area contributed by atoms with E-state index in [4.69, 9.17) is 4.74 Å². The summed E-state index contributed by atoms with van der Waals surface area (Å²) in [5, 5.41) is 16.3. The summed E-state index contributed by atoms with van der Waals surface area (Å²) in [5.74, 6) is 1.01. The van der Waals surface area contributed by atoms with E-state index >= 15 is 0 Å². The van der Waals surface area contributed by atoms with Gasteiger partial charge in [0.25, 0.3) is 0 Å². The van der Waals surface area contributed by atoms with Gasteiger partial charge in [0.1, 0.15) is 5.75 Å². The van der Waals surface area contributed by atoms with Crippen molar-refractivity contribution in [2.24, 2.45) is 4.99 Å². The summed E-state index contributed by atoms with van der Waals surface area (Å²) in [4.78, 5) is 4.40. The molecule has 0 saturated carbocycles. The molecule has 2 aromatic carbocycles. The molecule has 0 radical (unpaired) electrons. The number of aliphatic imine (C=N–C) groups is 1. The topological polar surface area (TPSA) is 75.1 Å². The fraction of sp³-hybridized carbons (Fsp3) is 0.316. The van der Waals surface area contributed by atoms with E-state index in [1.807, 2.05) is 6.92 Å². The molecule has 0 spiro atoms. The molecule has 8 heteroatoms. The van der Waals surface area contributed by atoms with Crippen LogP contribution in [0.1, 0.15) is 18.1 Å². The van der Waals surface area contributed by atoms with Gasteiger partial charge < -0.3 is 25.2 Å². The highest BCUT2D eigenvalue weighted by atomic mass is 19.3. The average molecular weight is 379 g/mol. The summed E-state index contributed by atoms with van der Waals surface area (Å²) >= 11 is 0. The van der Waals surface area contributed by atoms with Gasteiger partial charge in [-0.1, -0.05) is 30.3 Å². The first-order chi connectivity index (χ1) is 13.0. The van der Waals surface area contributed by atoms with Crippen LogP contribution in [0.4, 0.5) is 8.78 Å². The van der Waals surface area contributed by atoms with Crippen LogP contribution >= 0.6 is 0 Å². The molecule has 0 aliphatic carbocycles. The first kappa shape index (κ1) is 20.3. The Morgan fingerprint density at radius 2 is 1.78 bits per heavy atom. The number of hydrogen-bond donors (Lipinski definition) is 3. The Hall–Kier alpha value is -3.03. The Kier molecular flexibility index (Phi) is 7.66. The van der Waals surface area contributed by atoms with Gasteiger partial charge in [0, 0.05) is 24.2 Å². The SMILES string of the molecule is CCNC(=NCc1ccccc1OC(F)F)NCc1cccc(OC)c1O. The second kappa shape index (κ2) is 10.2. The number of rotatable bonds is 8. The van der Waals surface area contributed by atoms with E-state index in [1.54, 1.807) is 36.4 Å². The monoisotopic (exact) mass is 379 g/mol. The summed E-state index contributed by atoms with van der Waals surface area (Å²) in [6, 6.07) is 11.7. The lowest BCUT2D eigenvalue weighted by Crippen LogP contribution is -2.36. The molecule has 0 fully saturated rings. The van der Waals surface area contributed by atoms with Crippen LogP contribution in [-0.4, -0.2) is 31.3 Å².